The third kappa shape index (κ3) is 5.87. The molecular weight excluding hydrogens is 680 g/mol. The Morgan fingerprint density at radius 2 is 1.57 bits per heavy atom. The highest BCUT2D eigenvalue weighted by Gasteiger charge is 2.71. The number of rotatable bonds is 8. The molecule has 5 aliphatic rings. The number of carbonyl (C=O) groups is 3. The van der Waals surface area contributed by atoms with Gasteiger partial charge in [0, 0.05) is 24.2 Å². The molecule has 4 unspecified atom stereocenters. The fourth-order valence-electron chi connectivity index (χ4n) is 13.8. The molecule has 0 aromatic heterocycles. The zero-order valence-corrected chi connectivity index (χ0v) is 33.2. The van der Waals surface area contributed by atoms with Gasteiger partial charge in [-0.2, -0.15) is 0 Å². The summed E-state index contributed by atoms with van der Waals surface area (Å²) in [4.78, 5) is 38.9. The first kappa shape index (κ1) is 38.7. The Kier molecular flexibility index (Phi) is 9.76. The molecule has 2 amide bonds. The van der Waals surface area contributed by atoms with Crippen molar-refractivity contribution in [1.29, 1.82) is 0 Å². The molecule has 0 radical (unpaired) electrons. The average Bonchev–Trinajstić information content (AvgIpc) is 3.53. The van der Waals surface area contributed by atoms with E-state index in [9.17, 15) is 23.9 Å². The molecule has 7 rings (SSSR count). The van der Waals surface area contributed by atoms with Crippen LogP contribution in [0.1, 0.15) is 138 Å². The van der Waals surface area contributed by atoms with Gasteiger partial charge in [-0.05, 0) is 152 Å². The van der Waals surface area contributed by atoms with E-state index >= 15 is 0 Å². The monoisotopic (exact) mass is 740 g/mol. The average molecular weight is 741 g/mol. The lowest BCUT2D eigenvalue weighted by Crippen LogP contribution is -2.67. The van der Waals surface area contributed by atoms with Gasteiger partial charge < -0.3 is 20.8 Å². The number of aliphatic hydroxyl groups excluding tert-OH is 1. The van der Waals surface area contributed by atoms with Gasteiger partial charge in [0.1, 0.15) is 5.82 Å². The minimum absolute atomic E-state index is 0.0805. The number of carboxylic acids is 1. The molecule has 4 N–H and O–H groups in total. The number of fused-ring (bicyclic) bond motifs is 7. The highest BCUT2D eigenvalue weighted by Crippen LogP contribution is 2.77. The molecule has 7 nitrogen and oxygen atoms in total. The van der Waals surface area contributed by atoms with Crippen LogP contribution in [0.5, 0.6) is 0 Å². The van der Waals surface area contributed by atoms with Gasteiger partial charge in [0.05, 0.1) is 17.1 Å². The third-order valence-corrected chi connectivity index (χ3v) is 16.9. The predicted octanol–water partition coefficient (Wildman–Crippen LogP) is 9.09. The molecule has 292 valence electrons. The molecule has 5 aliphatic carbocycles. The predicted molar refractivity (Wildman–Crippen MR) is 208 cm³/mol. The maximum Gasteiger partial charge on any atom is 0.335 e. The van der Waals surface area contributed by atoms with E-state index < -0.39 is 17.2 Å². The normalized spacial score (nSPS) is 37.9. The number of amides is 2. The van der Waals surface area contributed by atoms with E-state index in [1.165, 1.54) is 30.5 Å². The van der Waals surface area contributed by atoms with E-state index in [1.807, 2.05) is 6.07 Å². The summed E-state index contributed by atoms with van der Waals surface area (Å²) in [7, 11) is 0. The van der Waals surface area contributed by atoms with E-state index in [0.717, 1.165) is 63.0 Å². The van der Waals surface area contributed by atoms with Crippen molar-refractivity contribution in [3.05, 3.63) is 82.7 Å². The topological polar surface area (TPSA) is 116 Å². The number of benzene rings is 2. The summed E-state index contributed by atoms with van der Waals surface area (Å²) in [6, 6.07) is 10.8. The Bertz CT molecular complexity index is 1860. The van der Waals surface area contributed by atoms with Crippen LogP contribution in [0, 0.1) is 62.5 Å². The van der Waals surface area contributed by atoms with Crippen LogP contribution >= 0.6 is 0 Å². The summed E-state index contributed by atoms with van der Waals surface area (Å²) in [5, 5.41) is 26.3. The number of aliphatic hydroxyl groups is 1. The molecule has 8 heteroatoms. The molecule has 0 heterocycles. The van der Waals surface area contributed by atoms with Crippen molar-refractivity contribution in [3.63, 3.8) is 0 Å². The van der Waals surface area contributed by atoms with Crippen LogP contribution in [-0.4, -0.2) is 34.1 Å². The zero-order valence-electron chi connectivity index (χ0n) is 33.2. The molecule has 2 aromatic carbocycles. The maximum atomic E-state index is 14.7. The van der Waals surface area contributed by atoms with E-state index in [1.54, 1.807) is 18.2 Å². The Morgan fingerprint density at radius 1 is 0.815 bits per heavy atom. The largest absolute Gasteiger partial charge is 0.478 e. The lowest BCUT2D eigenvalue weighted by Gasteiger charge is -2.72. The van der Waals surface area contributed by atoms with E-state index in [4.69, 9.17) is 5.11 Å². The molecule has 0 aliphatic heterocycles. The van der Waals surface area contributed by atoms with Gasteiger partial charge >= 0.3 is 5.97 Å². The van der Waals surface area contributed by atoms with Gasteiger partial charge in [-0.1, -0.05) is 65.0 Å². The van der Waals surface area contributed by atoms with Crippen molar-refractivity contribution in [3.8, 4) is 0 Å². The fourth-order valence-corrected chi connectivity index (χ4v) is 13.8. The summed E-state index contributed by atoms with van der Waals surface area (Å²) in [5.74, 6) is -0.0578. The van der Waals surface area contributed by atoms with Crippen molar-refractivity contribution >= 4 is 17.8 Å². The minimum Gasteiger partial charge on any atom is -0.478 e. The van der Waals surface area contributed by atoms with Gasteiger partial charge in [0.15, 0.2) is 0 Å². The molecule has 5 fully saturated rings. The summed E-state index contributed by atoms with van der Waals surface area (Å²) in [6.07, 6.45) is 10.2. The lowest BCUT2D eigenvalue weighted by molar-refractivity contribution is -0.246. The number of hydrogen-bond acceptors (Lipinski definition) is 4. The highest BCUT2D eigenvalue weighted by molar-refractivity contribution is 5.94. The van der Waals surface area contributed by atoms with Crippen molar-refractivity contribution in [1.82, 2.24) is 10.6 Å². The van der Waals surface area contributed by atoms with Crippen LogP contribution < -0.4 is 10.6 Å². The van der Waals surface area contributed by atoms with Crippen LogP contribution in [0.15, 0.2) is 54.6 Å². The fraction of sp³-hybridized carbons (Fsp3) is 0.630. The van der Waals surface area contributed by atoms with Crippen LogP contribution in [0.2, 0.25) is 0 Å². The molecule has 54 heavy (non-hydrogen) atoms. The van der Waals surface area contributed by atoms with Crippen molar-refractivity contribution in [2.45, 2.75) is 125 Å². The Morgan fingerprint density at radius 3 is 2.28 bits per heavy atom. The summed E-state index contributed by atoms with van der Waals surface area (Å²) in [6.45, 7) is 19.2. The second-order valence-corrected chi connectivity index (χ2v) is 19.4. The maximum absolute atomic E-state index is 14.7. The zero-order chi connectivity index (χ0) is 39.0. The third-order valence-electron chi connectivity index (χ3n) is 16.9. The van der Waals surface area contributed by atoms with Crippen LogP contribution in [0.4, 0.5) is 4.39 Å². The van der Waals surface area contributed by atoms with Gasteiger partial charge in [-0.15, -0.1) is 0 Å². The van der Waals surface area contributed by atoms with E-state index in [-0.39, 0.29) is 63.2 Å². The quantitative estimate of drug-likeness (QED) is 0.202. The minimum atomic E-state index is -1.21. The number of hydrogen-bond donors (Lipinski definition) is 4. The highest BCUT2D eigenvalue weighted by atomic mass is 19.1. The first-order chi connectivity index (χ1) is 25.4. The number of halogens is 1. The second kappa shape index (κ2) is 13.6. The smallest absolute Gasteiger partial charge is 0.335 e. The van der Waals surface area contributed by atoms with Crippen LogP contribution in [-0.2, 0) is 17.9 Å². The summed E-state index contributed by atoms with van der Waals surface area (Å²) < 4.78 is 14.5. The van der Waals surface area contributed by atoms with Crippen molar-refractivity contribution in [2.75, 3.05) is 0 Å². The van der Waals surface area contributed by atoms with Crippen LogP contribution in [0.25, 0.3) is 0 Å². The Hall–Kier alpha value is -3.52. The molecule has 0 spiro atoms. The van der Waals surface area contributed by atoms with E-state index in [0.29, 0.717) is 35.8 Å². The number of nitrogens with one attached hydrogen (secondary N) is 2. The molecule has 10 atom stereocenters. The molecular formula is C46H61FN2O5. The Labute approximate surface area is 321 Å². The van der Waals surface area contributed by atoms with E-state index in [2.05, 4.69) is 58.8 Å². The van der Waals surface area contributed by atoms with Gasteiger partial charge in [-0.25, -0.2) is 9.18 Å². The van der Waals surface area contributed by atoms with Gasteiger partial charge in [0.25, 0.3) is 5.91 Å². The number of carboxylic acid groups (broad SMARTS) is 1. The molecule has 0 saturated heterocycles. The van der Waals surface area contributed by atoms with Gasteiger partial charge in [-0.3, -0.25) is 9.59 Å². The summed E-state index contributed by atoms with van der Waals surface area (Å²) in [5.41, 5.74) is 2.40. The van der Waals surface area contributed by atoms with Gasteiger partial charge in [0.2, 0.25) is 5.91 Å². The number of allylic oxidation sites excluding steroid dienone is 1. The molecule has 5 saturated carbocycles. The first-order valence-electron chi connectivity index (χ1n) is 20.4. The molecule has 0 bridgehead atoms. The lowest BCUT2D eigenvalue weighted by atomic mass is 9.32. The summed E-state index contributed by atoms with van der Waals surface area (Å²) >= 11 is 0. The Balaban J connectivity index is 1.08. The standard InChI is InChI=1S/C46H61FN2O5/c1-27(2)32-15-20-46(41(54)49-25-28-9-8-10-29(23-28)39(51)48-26-31-12-11-30(40(52)53)24-34(31)47)22-21-44(6)33(38(32)46)13-14-36-43(5)18-17-37(50)42(3,4)35(43)16-19-45(36,44)7/h8-12,23-24,32-33,35-38,50H,1,13-22,25-26H2,2-7H3,(H,48,51)(H,49,54)(H,52,53)/t32-,33?,35?,36?,37-,38?,43-,44+,45+,46-/m0/s1. The second-order valence-electron chi connectivity index (χ2n) is 19.4. The molecule has 2 aromatic rings. The first-order valence-corrected chi connectivity index (χ1v) is 20.4. The van der Waals surface area contributed by atoms with Crippen molar-refractivity contribution in [2.24, 2.45) is 56.7 Å². The number of aromatic carboxylic acids is 1. The SMILES string of the molecule is C=C(C)[C@@H]1CC[C@]2(C(=O)NCc3cccc(C(=O)NCc4ccc(C(=O)O)cc4F)c3)CC[C@]3(C)C(CCC4[C@@]5(C)CC[C@H](O)C(C)(C)C5CC[C@]43C)C12. The number of carbonyl (C=O) groups excluding carboxylic acids is 2. The van der Waals surface area contributed by atoms with Crippen molar-refractivity contribution < 1.29 is 29.0 Å². The van der Waals surface area contributed by atoms with Crippen LogP contribution in [0.3, 0.4) is 0 Å².